The van der Waals surface area contributed by atoms with Gasteiger partial charge in [0.05, 0.1) is 0 Å². The van der Waals surface area contributed by atoms with E-state index in [9.17, 15) is 4.79 Å². The highest BCUT2D eigenvalue weighted by molar-refractivity contribution is 5.37. The van der Waals surface area contributed by atoms with Crippen LogP contribution in [0.5, 0.6) is 0 Å². The highest BCUT2D eigenvalue weighted by Crippen LogP contribution is 1.98. The van der Waals surface area contributed by atoms with Crippen LogP contribution in [0.1, 0.15) is 5.69 Å². The van der Waals surface area contributed by atoms with E-state index >= 15 is 0 Å². The summed E-state index contributed by atoms with van der Waals surface area (Å²) in [5, 5.41) is 0. The van der Waals surface area contributed by atoms with Crippen LogP contribution >= 0.6 is 0 Å². The molecular weight excluding hydrogens is 142 g/mol. The van der Waals surface area contributed by atoms with Crippen molar-refractivity contribution in [3.8, 4) is 0 Å². The Bertz CT molecular complexity index is 292. The first kappa shape index (κ1) is 7.81. The Balaban J connectivity index is 2.99. The molecule has 0 radical (unpaired) electrons. The van der Waals surface area contributed by atoms with Gasteiger partial charge in [-0.05, 0) is 19.0 Å². The molecule has 0 unspecified atom stereocenters. The van der Waals surface area contributed by atoms with Crippen LogP contribution in [0.4, 0.5) is 5.69 Å². The van der Waals surface area contributed by atoms with E-state index in [4.69, 9.17) is 11.5 Å². The van der Waals surface area contributed by atoms with Crippen LogP contribution in [0.25, 0.3) is 0 Å². The lowest BCUT2D eigenvalue weighted by atomic mass is 10.2. The predicted octanol–water partition coefficient (Wildman–Crippen LogP) is -0.542. The third-order valence-corrected chi connectivity index (χ3v) is 1.34. The Labute approximate surface area is 64.2 Å². The second-order valence-corrected chi connectivity index (χ2v) is 2.34. The zero-order chi connectivity index (χ0) is 8.27. The number of H-pyrrole nitrogens is 1. The summed E-state index contributed by atoms with van der Waals surface area (Å²) in [6.07, 6.45) is 0.653. The van der Waals surface area contributed by atoms with Crippen molar-refractivity contribution in [3.05, 3.63) is 28.2 Å². The van der Waals surface area contributed by atoms with Crippen LogP contribution in [-0.2, 0) is 6.42 Å². The lowest BCUT2D eigenvalue weighted by Gasteiger charge is -1.98. The van der Waals surface area contributed by atoms with Crippen molar-refractivity contribution in [2.24, 2.45) is 5.73 Å². The van der Waals surface area contributed by atoms with E-state index in [2.05, 4.69) is 4.98 Å². The van der Waals surface area contributed by atoms with Crippen molar-refractivity contribution in [1.82, 2.24) is 4.98 Å². The molecule has 1 heterocycles. The topological polar surface area (TPSA) is 84.9 Å². The van der Waals surface area contributed by atoms with Gasteiger partial charge in [-0.15, -0.1) is 0 Å². The van der Waals surface area contributed by atoms with Crippen molar-refractivity contribution in [2.75, 3.05) is 12.3 Å². The zero-order valence-corrected chi connectivity index (χ0v) is 6.13. The standard InChI is InChI=1S/C7H11N3O/c8-2-1-6-3-5(9)4-7(11)10-6/h3-4H,1-2,8H2,(H3,9,10,11). The summed E-state index contributed by atoms with van der Waals surface area (Å²) >= 11 is 0. The summed E-state index contributed by atoms with van der Waals surface area (Å²) in [5.41, 5.74) is 11.8. The average molecular weight is 153 g/mol. The molecule has 0 saturated carbocycles. The predicted molar refractivity (Wildman–Crippen MR) is 44.2 cm³/mol. The number of nitrogen functional groups attached to an aromatic ring is 1. The second kappa shape index (κ2) is 3.21. The van der Waals surface area contributed by atoms with Gasteiger partial charge in [-0.2, -0.15) is 0 Å². The maximum Gasteiger partial charge on any atom is 0.250 e. The van der Waals surface area contributed by atoms with Crippen molar-refractivity contribution >= 4 is 5.69 Å². The molecule has 0 saturated heterocycles. The summed E-state index contributed by atoms with van der Waals surface area (Å²) in [6.45, 7) is 0.513. The van der Waals surface area contributed by atoms with Crippen molar-refractivity contribution in [2.45, 2.75) is 6.42 Å². The fourth-order valence-electron chi connectivity index (χ4n) is 0.915. The quantitative estimate of drug-likeness (QED) is 0.533. The van der Waals surface area contributed by atoms with Crippen molar-refractivity contribution in [1.29, 1.82) is 0 Å². The Morgan fingerprint density at radius 2 is 2.18 bits per heavy atom. The summed E-state index contributed by atoms with van der Waals surface area (Å²) in [4.78, 5) is 13.4. The van der Waals surface area contributed by atoms with Crippen LogP contribution in [0.3, 0.4) is 0 Å². The van der Waals surface area contributed by atoms with E-state index in [1.807, 2.05) is 0 Å². The van der Waals surface area contributed by atoms with Gasteiger partial charge in [-0.3, -0.25) is 4.79 Å². The third kappa shape index (κ3) is 2.09. The van der Waals surface area contributed by atoms with Gasteiger partial charge in [0.1, 0.15) is 0 Å². The third-order valence-electron chi connectivity index (χ3n) is 1.34. The van der Waals surface area contributed by atoms with Crippen molar-refractivity contribution in [3.63, 3.8) is 0 Å². The fourth-order valence-corrected chi connectivity index (χ4v) is 0.915. The molecule has 0 spiro atoms. The highest BCUT2D eigenvalue weighted by Gasteiger charge is 1.93. The Morgan fingerprint density at radius 3 is 2.73 bits per heavy atom. The highest BCUT2D eigenvalue weighted by atomic mass is 16.1. The van der Waals surface area contributed by atoms with Gasteiger partial charge in [-0.1, -0.05) is 0 Å². The van der Waals surface area contributed by atoms with E-state index in [0.717, 1.165) is 5.69 Å². The molecule has 60 valence electrons. The van der Waals surface area contributed by atoms with Gasteiger partial charge in [0, 0.05) is 17.4 Å². The Morgan fingerprint density at radius 1 is 1.45 bits per heavy atom. The molecule has 4 heteroatoms. The lowest BCUT2D eigenvalue weighted by molar-refractivity contribution is 0.915. The molecule has 0 fully saturated rings. The molecule has 0 aliphatic heterocycles. The van der Waals surface area contributed by atoms with Crippen molar-refractivity contribution < 1.29 is 0 Å². The number of hydrogen-bond acceptors (Lipinski definition) is 3. The van der Waals surface area contributed by atoms with E-state index in [0.29, 0.717) is 18.7 Å². The number of pyridine rings is 1. The molecule has 0 atom stereocenters. The first-order valence-corrected chi connectivity index (χ1v) is 3.41. The zero-order valence-electron chi connectivity index (χ0n) is 6.13. The lowest BCUT2D eigenvalue weighted by Crippen LogP contribution is -2.12. The molecule has 0 aliphatic carbocycles. The molecule has 1 rings (SSSR count). The van der Waals surface area contributed by atoms with Crippen LogP contribution in [0.2, 0.25) is 0 Å². The Hall–Kier alpha value is -1.29. The minimum Gasteiger partial charge on any atom is -0.399 e. The van der Waals surface area contributed by atoms with Gasteiger partial charge in [0.15, 0.2) is 0 Å². The molecular formula is C7H11N3O. The van der Waals surface area contributed by atoms with E-state index in [-0.39, 0.29) is 5.56 Å². The van der Waals surface area contributed by atoms with Crippen LogP contribution in [0.15, 0.2) is 16.9 Å². The number of rotatable bonds is 2. The molecule has 0 aromatic carbocycles. The Kier molecular flexibility index (Phi) is 2.28. The number of aromatic nitrogens is 1. The molecule has 0 bridgehead atoms. The summed E-state index contributed by atoms with van der Waals surface area (Å²) < 4.78 is 0. The average Bonchev–Trinajstić information content (AvgIpc) is 1.85. The normalized spacial score (nSPS) is 9.91. The van der Waals surface area contributed by atoms with Gasteiger partial charge in [0.2, 0.25) is 5.56 Å². The molecule has 0 aliphatic rings. The number of nitrogens with two attached hydrogens (primary N) is 2. The van der Waals surface area contributed by atoms with Crippen LogP contribution in [0, 0.1) is 0 Å². The minimum atomic E-state index is -0.173. The maximum atomic E-state index is 10.8. The van der Waals surface area contributed by atoms with Gasteiger partial charge in [-0.25, -0.2) is 0 Å². The molecule has 0 amide bonds. The number of anilines is 1. The summed E-state index contributed by atoms with van der Waals surface area (Å²) in [7, 11) is 0. The summed E-state index contributed by atoms with van der Waals surface area (Å²) in [6, 6.07) is 3.06. The fraction of sp³-hybridized carbons (Fsp3) is 0.286. The summed E-state index contributed by atoms with van der Waals surface area (Å²) in [5.74, 6) is 0. The molecule has 11 heavy (non-hydrogen) atoms. The molecule has 5 N–H and O–H groups in total. The first-order chi connectivity index (χ1) is 5.22. The van der Waals surface area contributed by atoms with E-state index in [1.165, 1.54) is 6.07 Å². The largest absolute Gasteiger partial charge is 0.399 e. The van der Waals surface area contributed by atoms with Crippen LogP contribution in [-0.4, -0.2) is 11.5 Å². The maximum absolute atomic E-state index is 10.8. The molecule has 4 nitrogen and oxygen atoms in total. The van der Waals surface area contributed by atoms with Gasteiger partial charge >= 0.3 is 0 Å². The SMILES string of the molecule is NCCc1cc(N)cc(=O)[nH]1. The van der Waals surface area contributed by atoms with E-state index in [1.54, 1.807) is 6.07 Å². The smallest absolute Gasteiger partial charge is 0.250 e. The molecule has 1 aromatic heterocycles. The minimum absolute atomic E-state index is 0.173. The van der Waals surface area contributed by atoms with Gasteiger partial charge in [0.25, 0.3) is 0 Å². The van der Waals surface area contributed by atoms with E-state index < -0.39 is 0 Å². The number of hydrogen-bond donors (Lipinski definition) is 3. The number of aromatic amines is 1. The number of nitrogens with one attached hydrogen (secondary N) is 1. The first-order valence-electron chi connectivity index (χ1n) is 3.41. The van der Waals surface area contributed by atoms with Gasteiger partial charge < -0.3 is 16.5 Å². The molecule has 1 aromatic rings. The monoisotopic (exact) mass is 153 g/mol. The second-order valence-electron chi connectivity index (χ2n) is 2.34. The van der Waals surface area contributed by atoms with Crippen LogP contribution < -0.4 is 17.0 Å².